The molecular formula is C15H18ClNO3. The molecule has 20 heavy (non-hydrogen) atoms. The van der Waals surface area contributed by atoms with E-state index in [1.54, 1.807) is 30.1 Å². The molecule has 0 aromatic heterocycles. The number of hydrogen-bond donors (Lipinski definition) is 1. The molecule has 0 saturated carbocycles. The van der Waals surface area contributed by atoms with Crippen LogP contribution >= 0.6 is 11.6 Å². The Morgan fingerprint density at radius 3 is 2.60 bits per heavy atom. The normalized spacial score (nSPS) is 12.4. The molecule has 1 aromatic rings. The van der Waals surface area contributed by atoms with Crippen molar-refractivity contribution in [3.63, 3.8) is 0 Å². The fourth-order valence-electron chi connectivity index (χ4n) is 1.63. The van der Waals surface area contributed by atoms with Crippen LogP contribution in [0.3, 0.4) is 0 Å². The number of benzene rings is 1. The summed E-state index contributed by atoms with van der Waals surface area (Å²) in [5.74, 6) is -1.15. The molecule has 0 fully saturated rings. The van der Waals surface area contributed by atoms with Crippen LogP contribution in [-0.4, -0.2) is 35.0 Å². The average Bonchev–Trinajstić information content (AvgIpc) is 2.43. The summed E-state index contributed by atoms with van der Waals surface area (Å²) in [5, 5.41) is 8.93. The molecule has 0 spiro atoms. The summed E-state index contributed by atoms with van der Waals surface area (Å²) < 4.78 is 0. The van der Waals surface area contributed by atoms with E-state index >= 15 is 0 Å². The second-order valence-corrected chi connectivity index (χ2v) is 4.99. The quantitative estimate of drug-likeness (QED) is 0.848. The number of carboxylic acid groups (broad SMARTS) is 1. The number of halogens is 1. The first-order valence-corrected chi connectivity index (χ1v) is 6.72. The minimum atomic E-state index is -1.04. The van der Waals surface area contributed by atoms with E-state index in [4.69, 9.17) is 16.7 Å². The van der Waals surface area contributed by atoms with Crippen molar-refractivity contribution in [1.29, 1.82) is 0 Å². The van der Waals surface area contributed by atoms with Gasteiger partial charge in [-0.25, -0.2) is 4.79 Å². The zero-order valence-electron chi connectivity index (χ0n) is 11.8. The molecule has 1 amide bonds. The van der Waals surface area contributed by atoms with Gasteiger partial charge in [-0.15, -0.1) is 0 Å². The van der Waals surface area contributed by atoms with E-state index in [0.717, 1.165) is 12.5 Å². The maximum atomic E-state index is 12.2. The lowest BCUT2D eigenvalue weighted by Crippen LogP contribution is -2.34. The van der Waals surface area contributed by atoms with Gasteiger partial charge in [-0.3, -0.25) is 4.79 Å². The Morgan fingerprint density at radius 2 is 2.10 bits per heavy atom. The van der Waals surface area contributed by atoms with Gasteiger partial charge in [0.1, 0.15) is 0 Å². The zero-order valence-corrected chi connectivity index (χ0v) is 12.5. The maximum absolute atomic E-state index is 12.2. The van der Waals surface area contributed by atoms with Crippen molar-refractivity contribution in [3.8, 4) is 0 Å². The number of rotatable bonds is 5. The van der Waals surface area contributed by atoms with Gasteiger partial charge in [0.25, 0.3) is 5.91 Å². The molecule has 4 nitrogen and oxygen atoms in total. The van der Waals surface area contributed by atoms with Crippen LogP contribution in [-0.2, 0) is 4.79 Å². The molecule has 5 heteroatoms. The van der Waals surface area contributed by atoms with Gasteiger partial charge in [-0.2, -0.15) is 0 Å². The molecule has 0 aliphatic carbocycles. The lowest BCUT2D eigenvalue weighted by atomic mass is 10.1. The first kappa shape index (κ1) is 16.2. The minimum absolute atomic E-state index is 0.102. The highest BCUT2D eigenvalue weighted by Crippen LogP contribution is 2.20. The molecule has 108 valence electrons. The Balaban J connectivity index is 2.97. The molecule has 1 atom stereocenters. The Morgan fingerprint density at radius 1 is 1.45 bits per heavy atom. The summed E-state index contributed by atoms with van der Waals surface area (Å²) in [7, 11) is 1.75. The summed E-state index contributed by atoms with van der Waals surface area (Å²) in [6, 6.07) is 4.99. The second kappa shape index (κ2) is 7.10. The van der Waals surface area contributed by atoms with Gasteiger partial charge in [0.15, 0.2) is 0 Å². The Hall–Kier alpha value is -1.81. The van der Waals surface area contributed by atoms with Gasteiger partial charge in [0.2, 0.25) is 0 Å². The molecule has 0 heterocycles. The first-order chi connectivity index (χ1) is 9.36. The van der Waals surface area contributed by atoms with Crippen LogP contribution in [0.4, 0.5) is 0 Å². The van der Waals surface area contributed by atoms with Gasteiger partial charge in [-0.05, 0) is 37.1 Å². The van der Waals surface area contributed by atoms with Crippen LogP contribution in [0.15, 0.2) is 24.3 Å². The van der Waals surface area contributed by atoms with Crippen LogP contribution in [0.2, 0.25) is 5.02 Å². The largest absolute Gasteiger partial charge is 0.478 e. The summed E-state index contributed by atoms with van der Waals surface area (Å²) in [6.07, 6.45) is 3.28. The third-order valence-corrected chi connectivity index (χ3v) is 3.55. The first-order valence-electron chi connectivity index (χ1n) is 6.34. The highest BCUT2D eigenvalue weighted by Gasteiger charge is 2.16. The molecule has 1 unspecified atom stereocenters. The summed E-state index contributed by atoms with van der Waals surface area (Å²) in [5.41, 5.74) is 1.06. The minimum Gasteiger partial charge on any atom is -0.478 e. The van der Waals surface area contributed by atoms with Crippen molar-refractivity contribution in [3.05, 3.63) is 40.4 Å². The van der Waals surface area contributed by atoms with Gasteiger partial charge >= 0.3 is 5.97 Å². The lowest BCUT2D eigenvalue weighted by molar-refractivity contribution is -0.131. The number of carbonyl (C=O) groups excluding carboxylic acids is 1. The molecule has 1 aromatic carbocycles. The fraction of sp³-hybridized carbons (Fsp3) is 0.333. The van der Waals surface area contributed by atoms with E-state index in [2.05, 4.69) is 0 Å². The predicted molar refractivity (Wildman–Crippen MR) is 80.0 cm³/mol. The molecule has 1 N–H and O–H groups in total. The topological polar surface area (TPSA) is 57.6 Å². The van der Waals surface area contributed by atoms with Crippen LogP contribution in [0.1, 0.15) is 36.2 Å². The third-order valence-electron chi connectivity index (χ3n) is 3.23. The van der Waals surface area contributed by atoms with Crippen molar-refractivity contribution >= 4 is 29.6 Å². The second-order valence-electron chi connectivity index (χ2n) is 4.58. The summed E-state index contributed by atoms with van der Waals surface area (Å²) >= 11 is 6.06. The van der Waals surface area contributed by atoms with E-state index in [9.17, 15) is 9.59 Å². The van der Waals surface area contributed by atoms with Crippen LogP contribution in [0.25, 0.3) is 6.08 Å². The number of amides is 1. The summed E-state index contributed by atoms with van der Waals surface area (Å²) in [6.45, 7) is 3.99. The SMILES string of the molecule is CCC(C)N(C)C(=O)c1ccc(/C=C/C(=O)O)c(Cl)c1. The van der Waals surface area contributed by atoms with Crippen LogP contribution < -0.4 is 0 Å². The highest BCUT2D eigenvalue weighted by molar-refractivity contribution is 6.32. The van der Waals surface area contributed by atoms with E-state index in [1.807, 2.05) is 13.8 Å². The highest BCUT2D eigenvalue weighted by atomic mass is 35.5. The van der Waals surface area contributed by atoms with Gasteiger partial charge in [0, 0.05) is 29.8 Å². The average molecular weight is 296 g/mol. The number of carbonyl (C=O) groups is 2. The Labute approximate surface area is 123 Å². The molecular weight excluding hydrogens is 278 g/mol. The van der Waals surface area contributed by atoms with E-state index in [0.29, 0.717) is 16.1 Å². The van der Waals surface area contributed by atoms with Gasteiger partial charge in [-0.1, -0.05) is 24.6 Å². The lowest BCUT2D eigenvalue weighted by Gasteiger charge is -2.24. The molecule has 0 aliphatic rings. The molecule has 0 saturated heterocycles. The van der Waals surface area contributed by atoms with E-state index in [1.165, 1.54) is 6.08 Å². The molecule has 0 bridgehead atoms. The Kier molecular flexibility index (Phi) is 5.77. The predicted octanol–water partition coefficient (Wildman–Crippen LogP) is 3.31. The van der Waals surface area contributed by atoms with Crippen molar-refractivity contribution in [2.75, 3.05) is 7.05 Å². The number of aliphatic carboxylic acids is 1. The van der Waals surface area contributed by atoms with Crippen LogP contribution in [0, 0.1) is 0 Å². The molecule has 0 radical (unpaired) electrons. The number of carboxylic acids is 1. The van der Waals surface area contributed by atoms with Gasteiger partial charge < -0.3 is 10.0 Å². The van der Waals surface area contributed by atoms with Crippen molar-refractivity contribution < 1.29 is 14.7 Å². The zero-order chi connectivity index (χ0) is 15.3. The monoisotopic (exact) mass is 295 g/mol. The number of hydrogen-bond acceptors (Lipinski definition) is 2. The van der Waals surface area contributed by atoms with Crippen molar-refractivity contribution in [2.24, 2.45) is 0 Å². The van der Waals surface area contributed by atoms with E-state index < -0.39 is 5.97 Å². The molecule has 0 aliphatic heterocycles. The Bertz CT molecular complexity index is 540. The van der Waals surface area contributed by atoms with E-state index in [-0.39, 0.29) is 11.9 Å². The van der Waals surface area contributed by atoms with Crippen LogP contribution in [0.5, 0.6) is 0 Å². The third kappa shape index (κ3) is 4.10. The smallest absolute Gasteiger partial charge is 0.328 e. The van der Waals surface area contributed by atoms with Gasteiger partial charge in [0.05, 0.1) is 0 Å². The molecule has 1 rings (SSSR count). The van der Waals surface area contributed by atoms with Crippen molar-refractivity contribution in [1.82, 2.24) is 4.90 Å². The summed E-state index contributed by atoms with van der Waals surface area (Å²) in [4.78, 5) is 24.4. The fourth-order valence-corrected chi connectivity index (χ4v) is 1.88. The standard InChI is InChI=1S/C15H18ClNO3/c1-4-10(2)17(3)15(20)12-6-5-11(13(16)9-12)7-8-14(18)19/h5-10H,4H2,1-3H3,(H,18,19)/b8-7+. The maximum Gasteiger partial charge on any atom is 0.328 e. The number of nitrogens with zero attached hydrogens (tertiary/aromatic N) is 1. The van der Waals surface area contributed by atoms with Crippen molar-refractivity contribution in [2.45, 2.75) is 26.3 Å².